The molecule has 0 saturated carbocycles. The Kier molecular flexibility index (Phi) is 6.94. The van der Waals surface area contributed by atoms with Gasteiger partial charge in [-0.25, -0.2) is 0 Å². The maximum absolute atomic E-state index is 9.88. The number of hydrogen-bond acceptors (Lipinski definition) is 3. The first kappa shape index (κ1) is 15.2. The Balaban J connectivity index is 2.49. The molecule has 0 aromatic heterocycles. The summed E-state index contributed by atoms with van der Waals surface area (Å²) in [5.74, 6) is 0. The summed E-state index contributed by atoms with van der Waals surface area (Å²) in [6, 6.07) is 8.01. The van der Waals surface area contributed by atoms with Crippen molar-refractivity contribution in [3.8, 4) is 0 Å². The van der Waals surface area contributed by atoms with Gasteiger partial charge in [0.2, 0.25) is 0 Å². The molecule has 1 aromatic rings. The fraction of sp³-hybridized carbons (Fsp3) is 0.600. The zero-order valence-electron chi connectivity index (χ0n) is 11.2. The Labute approximate surface area is 110 Å². The minimum Gasteiger partial charge on any atom is -0.393 e. The van der Waals surface area contributed by atoms with Gasteiger partial charge in [0.25, 0.3) is 0 Å². The van der Waals surface area contributed by atoms with Gasteiger partial charge in [-0.3, -0.25) is 0 Å². The number of rotatable bonds is 8. The lowest BCUT2D eigenvalue weighted by atomic mass is 10.00. The molecule has 0 aliphatic heterocycles. The molecular weight excluding hydrogens is 226 g/mol. The molecule has 18 heavy (non-hydrogen) atoms. The van der Waals surface area contributed by atoms with Gasteiger partial charge in [-0.05, 0) is 49.8 Å². The third kappa shape index (κ3) is 5.17. The van der Waals surface area contributed by atoms with Gasteiger partial charge < -0.3 is 15.9 Å². The Morgan fingerprint density at radius 1 is 1.22 bits per heavy atom. The minimum atomic E-state index is -0.462. The van der Waals surface area contributed by atoms with Crippen molar-refractivity contribution in [1.82, 2.24) is 0 Å². The number of aliphatic hydroxyl groups is 2. The molecule has 1 rings (SSSR count). The molecule has 0 saturated heterocycles. The highest BCUT2D eigenvalue weighted by Crippen LogP contribution is 2.18. The monoisotopic (exact) mass is 251 g/mol. The smallest absolute Gasteiger partial charge is 0.0802 e. The predicted octanol–water partition coefficient (Wildman–Crippen LogP) is 2.16. The van der Waals surface area contributed by atoms with Crippen molar-refractivity contribution >= 4 is 0 Å². The molecule has 102 valence electrons. The summed E-state index contributed by atoms with van der Waals surface area (Å²) in [6.45, 7) is 2.49. The summed E-state index contributed by atoms with van der Waals surface area (Å²) in [4.78, 5) is 0. The van der Waals surface area contributed by atoms with E-state index in [0.29, 0.717) is 13.0 Å². The van der Waals surface area contributed by atoms with Crippen LogP contribution in [-0.4, -0.2) is 22.9 Å². The topological polar surface area (TPSA) is 66.5 Å². The summed E-state index contributed by atoms with van der Waals surface area (Å²) >= 11 is 0. The molecule has 4 N–H and O–H groups in total. The Bertz CT molecular complexity index is 341. The van der Waals surface area contributed by atoms with E-state index in [1.165, 1.54) is 5.56 Å². The van der Waals surface area contributed by atoms with E-state index < -0.39 is 6.10 Å². The van der Waals surface area contributed by atoms with E-state index in [1.807, 2.05) is 25.1 Å². The lowest BCUT2D eigenvalue weighted by Crippen LogP contribution is -2.07. The molecule has 3 nitrogen and oxygen atoms in total. The molecule has 2 unspecified atom stereocenters. The van der Waals surface area contributed by atoms with Crippen LogP contribution >= 0.6 is 0 Å². The van der Waals surface area contributed by atoms with E-state index in [9.17, 15) is 10.2 Å². The first-order valence-corrected chi connectivity index (χ1v) is 6.82. The van der Waals surface area contributed by atoms with Crippen molar-refractivity contribution < 1.29 is 10.2 Å². The second-order valence-electron chi connectivity index (χ2n) is 4.79. The third-order valence-electron chi connectivity index (χ3n) is 3.25. The van der Waals surface area contributed by atoms with Gasteiger partial charge >= 0.3 is 0 Å². The van der Waals surface area contributed by atoms with Crippen LogP contribution in [0.2, 0.25) is 0 Å². The maximum atomic E-state index is 9.88. The number of aryl methyl sites for hydroxylation is 1. The zero-order valence-corrected chi connectivity index (χ0v) is 11.2. The molecule has 3 heteroatoms. The molecule has 0 fully saturated rings. The number of nitrogens with two attached hydrogens (primary N) is 1. The zero-order chi connectivity index (χ0) is 13.4. The van der Waals surface area contributed by atoms with E-state index >= 15 is 0 Å². The van der Waals surface area contributed by atoms with Crippen LogP contribution in [0.25, 0.3) is 0 Å². The summed E-state index contributed by atoms with van der Waals surface area (Å²) < 4.78 is 0. The van der Waals surface area contributed by atoms with Gasteiger partial charge in [-0.15, -0.1) is 0 Å². The first-order chi connectivity index (χ1) is 8.67. The standard InChI is InChI=1S/C15H25NO2/c1-2-14(17)8-4-6-12-5-3-7-13(11-12)15(18)9-10-16/h3,5,7,11,14-15,17-18H,2,4,6,8-10,16H2,1H3. The normalized spacial score (nSPS) is 14.4. The van der Waals surface area contributed by atoms with Crippen molar-refractivity contribution in [2.24, 2.45) is 5.73 Å². The van der Waals surface area contributed by atoms with E-state index in [-0.39, 0.29) is 6.10 Å². The molecule has 0 aliphatic carbocycles. The van der Waals surface area contributed by atoms with Crippen molar-refractivity contribution in [3.63, 3.8) is 0 Å². The van der Waals surface area contributed by atoms with Gasteiger partial charge in [-0.2, -0.15) is 0 Å². The molecule has 0 amide bonds. The van der Waals surface area contributed by atoms with Crippen molar-refractivity contribution in [2.45, 2.75) is 51.2 Å². The van der Waals surface area contributed by atoms with Gasteiger partial charge in [0.1, 0.15) is 0 Å². The maximum Gasteiger partial charge on any atom is 0.0802 e. The van der Waals surface area contributed by atoms with Gasteiger partial charge in [-0.1, -0.05) is 31.2 Å². The van der Waals surface area contributed by atoms with E-state index in [0.717, 1.165) is 31.2 Å². The van der Waals surface area contributed by atoms with Crippen LogP contribution in [-0.2, 0) is 6.42 Å². The number of aliphatic hydroxyl groups excluding tert-OH is 2. The fourth-order valence-electron chi connectivity index (χ4n) is 2.03. The average Bonchev–Trinajstić information content (AvgIpc) is 2.39. The predicted molar refractivity (Wildman–Crippen MR) is 74.3 cm³/mol. The highest BCUT2D eigenvalue weighted by atomic mass is 16.3. The van der Waals surface area contributed by atoms with Crippen LogP contribution in [0.15, 0.2) is 24.3 Å². The van der Waals surface area contributed by atoms with Crippen LogP contribution in [0.4, 0.5) is 0 Å². The lowest BCUT2D eigenvalue weighted by Gasteiger charge is -2.12. The van der Waals surface area contributed by atoms with E-state index in [4.69, 9.17) is 5.73 Å². The van der Waals surface area contributed by atoms with Crippen LogP contribution in [0.5, 0.6) is 0 Å². The Morgan fingerprint density at radius 2 is 2.00 bits per heavy atom. The van der Waals surface area contributed by atoms with E-state index in [1.54, 1.807) is 0 Å². The van der Waals surface area contributed by atoms with Crippen LogP contribution in [0, 0.1) is 0 Å². The molecule has 0 aliphatic rings. The van der Waals surface area contributed by atoms with Crippen LogP contribution in [0.3, 0.4) is 0 Å². The van der Waals surface area contributed by atoms with Crippen molar-refractivity contribution in [1.29, 1.82) is 0 Å². The highest BCUT2D eigenvalue weighted by Gasteiger charge is 2.07. The quantitative estimate of drug-likeness (QED) is 0.663. The second kappa shape index (κ2) is 8.25. The van der Waals surface area contributed by atoms with Crippen molar-refractivity contribution in [2.75, 3.05) is 6.54 Å². The fourth-order valence-corrected chi connectivity index (χ4v) is 2.03. The Morgan fingerprint density at radius 3 is 2.67 bits per heavy atom. The SMILES string of the molecule is CCC(O)CCCc1cccc(C(O)CCN)c1. The first-order valence-electron chi connectivity index (χ1n) is 6.82. The lowest BCUT2D eigenvalue weighted by molar-refractivity contribution is 0.157. The molecule has 1 aromatic carbocycles. The second-order valence-corrected chi connectivity index (χ2v) is 4.79. The minimum absolute atomic E-state index is 0.184. The molecule has 0 spiro atoms. The number of hydrogen-bond donors (Lipinski definition) is 3. The largest absolute Gasteiger partial charge is 0.393 e. The number of benzene rings is 1. The van der Waals surface area contributed by atoms with Crippen LogP contribution < -0.4 is 5.73 Å². The van der Waals surface area contributed by atoms with Crippen molar-refractivity contribution in [3.05, 3.63) is 35.4 Å². The summed E-state index contributed by atoms with van der Waals surface area (Å²) in [5.41, 5.74) is 7.60. The molecule has 0 heterocycles. The van der Waals surface area contributed by atoms with Crippen LogP contribution in [0.1, 0.15) is 49.8 Å². The highest BCUT2D eigenvalue weighted by molar-refractivity contribution is 5.25. The molecule has 0 radical (unpaired) electrons. The van der Waals surface area contributed by atoms with Gasteiger partial charge in [0, 0.05) is 0 Å². The molecular formula is C15H25NO2. The average molecular weight is 251 g/mol. The summed E-state index contributed by atoms with van der Waals surface area (Å²) in [5, 5.41) is 19.4. The third-order valence-corrected chi connectivity index (χ3v) is 3.25. The molecule has 0 bridgehead atoms. The summed E-state index contributed by atoms with van der Waals surface area (Å²) in [6.07, 6.45) is 3.53. The Hall–Kier alpha value is -0.900. The van der Waals surface area contributed by atoms with Gasteiger partial charge in [0.05, 0.1) is 12.2 Å². The van der Waals surface area contributed by atoms with Gasteiger partial charge in [0.15, 0.2) is 0 Å². The summed E-state index contributed by atoms with van der Waals surface area (Å²) in [7, 11) is 0. The van der Waals surface area contributed by atoms with E-state index in [2.05, 4.69) is 6.07 Å². The molecule has 2 atom stereocenters.